The van der Waals surface area contributed by atoms with Crippen LogP contribution in [-0.2, 0) is 32.9 Å². The van der Waals surface area contributed by atoms with Gasteiger partial charge in [0, 0.05) is 48.8 Å². The molecular formula is C48H48F2N14O8S2. The van der Waals surface area contributed by atoms with Crippen molar-refractivity contribution in [1.29, 1.82) is 0 Å². The smallest absolute Gasteiger partial charge is 0.243 e. The number of para-hydroxylation sites is 2. The third kappa shape index (κ3) is 11.9. The second-order valence-electron chi connectivity index (χ2n) is 15.8. The number of hydrogen-bond acceptors (Lipinski definition) is 18. The second-order valence-corrected chi connectivity index (χ2v) is 20.0. The van der Waals surface area contributed by atoms with Crippen LogP contribution in [0.25, 0.3) is 46.3 Å². The number of hydrogen-bond donors (Lipinski definition) is 2. The Hall–Kier alpha value is -8.78. The summed E-state index contributed by atoms with van der Waals surface area (Å²) in [7, 11) is -2.14. The van der Waals surface area contributed by atoms with E-state index in [0.29, 0.717) is 45.5 Å². The molecule has 0 amide bonds. The van der Waals surface area contributed by atoms with Gasteiger partial charge in [-0.15, -0.1) is 20.4 Å². The van der Waals surface area contributed by atoms with Crippen LogP contribution in [0.2, 0.25) is 0 Å². The first kappa shape index (κ1) is 53.0. The summed E-state index contributed by atoms with van der Waals surface area (Å²) in [6.07, 6.45) is 13.5. The topological polar surface area (TPSA) is 268 Å². The van der Waals surface area contributed by atoms with E-state index in [1.54, 1.807) is 85.5 Å². The summed E-state index contributed by atoms with van der Waals surface area (Å²) in [4.78, 5) is 23.8. The minimum atomic E-state index is -4.03. The number of nitrogens with zero attached hydrogens (tertiary/aromatic N) is 12. The molecule has 8 rings (SSSR count). The summed E-state index contributed by atoms with van der Waals surface area (Å²) < 4.78 is 110. The van der Waals surface area contributed by atoms with Gasteiger partial charge in [-0.2, -0.15) is 0 Å². The van der Waals surface area contributed by atoms with Crippen LogP contribution in [0.4, 0.5) is 20.7 Å². The number of sulfonamides is 2. The van der Waals surface area contributed by atoms with Crippen LogP contribution in [0.5, 0.6) is 23.0 Å². The Morgan fingerprint density at radius 3 is 1.20 bits per heavy atom. The van der Waals surface area contributed by atoms with Gasteiger partial charge in [0.15, 0.2) is 23.3 Å². The van der Waals surface area contributed by atoms with Gasteiger partial charge in [0.05, 0.1) is 63.7 Å². The maximum atomic E-state index is 13.3. The lowest BCUT2D eigenvalue weighted by atomic mass is 10.2. The molecule has 22 nitrogen and oxygen atoms in total. The van der Waals surface area contributed by atoms with Crippen LogP contribution in [0.1, 0.15) is 36.6 Å². The van der Waals surface area contributed by atoms with Gasteiger partial charge in [0.1, 0.15) is 46.0 Å². The van der Waals surface area contributed by atoms with Crippen molar-refractivity contribution < 1.29 is 44.6 Å². The van der Waals surface area contributed by atoms with Gasteiger partial charge in [-0.3, -0.25) is 28.5 Å². The maximum Gasteiger partial charge on any atom is 0.243 e. The molecule has 0 bridgehead atoms. The molecule has 2 atom stereocenters. The number of ether oxygens (including phenoxy) is 4. The number of methoxy groups -OCH3 is 4. The number of pyridine rings is 2. The van der Waals surface area contributed by atoms with E-state index in [2.05, 4.69) is 72.9 Å². The van der Waals surface area contributed by atoms with Gasteiger partial charge >= 0.3 is 0 Å². The molecule has 2 aromatic carbocycles. The van der Waals surface area contributed by atoms with Crippen LogP contribution >= 0.6 is 0 Å². The number of aromatic nitrogens is 12. The molecule has 0 aliphatic carbocycles. The van der Waals surface area contributed by atoms with Gasteiger partial charge in [0.2, 0.25) is 31.9 Å². The van der Waals surface area contributed by atoms with Crippen molar-refractivity contribution in [2.75, 3.05) is 37.9 Å². The zero-order valence-corrected chi connectivity index (χ0v) is 42.2. The predicted molar refractivity (Wildman–Crippen MR) is 271 cm³/mol. The molecule has 0 aliphatic heterocycles. The first-order chi connectivity index (χ1) is 35.5. The van der Waals surface area contributed by atoms with Gasteiger partial charge < -0.3 is 18.9 Å². The van der Waals surface area contributed by atoms with Gasteiger partial charge in [-0.05, 0) is 61.4 Å². The third-order valence-corrected chi connectivity index (χ3v) is 14.3. The Balaban J connectivity index is 0.000000216. The second kappa shape index (κ2) is 23.2. The molecule has 6 aromatic heterocycles. The summed E-state index contributed by atoms with van der Waals surface area (Å²) in [5, 5.41) is 14.8. The van der Waals surface area contributed by atoms with E-state index in [1.807, 2.05) is 0 Å². The first-order valence-corrected chi connectivity index (χ1v) is 25.1. The van der Waals surface area contributed by atoms with Crippen molar-refractivity contribution in [1.82, 2.24) is 59.4 Å². The Morgan fingerprint density at radius 2 is 0.892 bits per heavy atom. The highest BCUT2D eigenvalue weighted by molar-refractivity contribution is 7.93. The molecule has 0 spiro atoms. The van der Waals surface area contributed by atoms with Crippen molar-refractivity contribution in [3.8, 4) is 57.1 Å². The van der Waals surface area contributed by atoms with E-state index in [-0.39, 0.29) is 48.0 Å². The standard InChI is InChI=1S/2C24H24FN7O4S/c2*1-5-16-10-17(12-26-11-16)23-29-30-24(32(23)22-19(35-3)7-6-8-20(22)36-4)31-37(33,34)15(2)9-21-27-13-18(25)14-28-21/h2*5-8,10-15H,1,9H2,2-4H3,(H,30,31)/t2*15-/m10/s1. The normalized spacial score (nSPS) is 12.1. The summed E-state index contributed by atoms with van der Waals surface area (Å²) >= 11 is 0. The molecule has 384 valence electrons. The molecular weight excluding hydrogens is 1000 g/mol. The van der Waals surface area contributed by atoms with E-state index in [4.69, 9.17) is 18.9 Å². The van der Waals surface area contributed by atoms with Crippen molar-refractivity contribution in [3.63, 3.8) is 0 Å². The number of rotatable bonds is 20. The molecule has 6 heterocycles. The summed E-state index contributed by atoms with van der Waals surface area (Å²) in [5.41, 5.74) is 3.32. The highest BCUT2D eigenvalue weighted by atomic mass is 32.2. The highest BCUT2D eigenvalue weighted by Gasteiger charge is 2.31. The van der Waals surface area contributed by atoms with Crippen LogP contribution in [0, 0.1) is 11.6 Å². The number of nitrogens with one attached hydrogen (secondary N) is 2. The largest absolute Gasteiger partial charge is 0.494 e. The monoisotopic (exact) mass is 1050 g/mol. The lowest BCUT2D eigenvalue weighted by Gasteiger charge is -2.19. The van der Waals surface area contributed by atoms with E-state index < -0.39 is 42.2 Å². The molecule has 0 fully saturated rings. The minimum Gasteiger partial charge on any atom is -0.494 e. The number of anilines is 2. The lowest BCUT2D eigenvalue weighted by molar-refractivity contribution is 0.391. The molecule has 74 heavy (non-hydrogen) atoms. The molecule has 0 saturated heterocycles. The van der Waals surface area contributed by atoms with Crippen molar-refractivity contribution in [2.45, 2.75) is 37.2 Å². The predicted octanol–water partition coefficient (Wildman–Crippen LogP) is 6.58. The lowest BCUT2D eigenvalue weighted by Crippen LogP contribution is -2.29. The summed E-state index contributed by atoms with van der Waals surface area (Å²) in [6, 6.07) is 13.9. The molecule has 0 saturated carbocycles. The van der Waals surface area contributed by atoms with Crippen LogP contribution in [0.3, 0.4) is 0 Å². The SMILES string of the molecule is C=Cc1cncc(-c2nnc(NS(=O)(=O)[C@@H](C)Cc3ncc(F)cn3)n2-c2c(OC)cccc2OC)c1.C=Cc1cncc(-c2nnc(NS(=O)(=O)[C@H](C)Cc3ncc(F)cn3)n2-c2c(OC)cccc2OC)c1. The third-order valence-electron chi connectivity index (χ3n) is 10.9. The average molecular weight is 1050 g/mol. The highest BCUT2D eigenvalue weighted by Crippen LogP contribution is 2.39. The fraction of sp³-hybridized carbons (Fsp3) is 0.208. The van der Waals surface area contributed by atoms with Crippen molar-refractivity contribution >= 4 is 44.1 Å². The van der Waals surface area contributed by atoms with E-state index in [9.17, 15) is 25.6 Å². The van der Waals surface area contributed by atoms with Crippen LogP contribution < -0.4 is 28.4 Å². The molecule has 8 aromatic rings. The zero-order valence-electron chi connectivity index (χ0n) is 40.6. The quantitative estimate of drug-likeness (QED) is 0.0815. The van der Waals surface area contributed by atoms with Crippen LogP contribution in [0.15, 0.2) is 111 Å². The molecule has 0 aliphatic rings. The van der Waals surface area contributed by atoms with E-state index in [1.165, 1.54) is 51.4 Å². The zero-order chi connectivity index (χ0) is 53.2. The van der Waals surface area contributed by atoms with Crippen molar-refractivity contribution in [2.24, 2.45) is 0 Å². The summed E-state index contributed by atoms with van der Waals surface area (Å²) in [6.45, 7) is 10.5. The maximum absolute atomic E-state index is 13.3. The van der Waals surface area contributed by atoms with Crippen LogP contribution in [-0.4, -0.2) is 115 Å². The Bertz CT molecular complexity index is 3240. The Labute approximate surface area is 424 Å². The average Bonchev–Trinajstić information content (AvgIpc) is 4.02. The van der Waals surface area contributed by atoms with E-state index in [0.717, 1.165) is 35.9 Å². The van der Waals surface area contributed by atoms with Gasteiger partial charge in [-0.1, -0.05) is 37.4 Å². The fourth-order valence-electron chi connectivity index (χ4n) is 7.06. The van der Waals surface area contributed by atoms with Gasteiger partial charge in [-0.25, -0.2) is 45.6 Å². The van der Waals surface area contributed by atoms with E-state index >= 15 is 0 Å². The molecule has 2 N–H and O–H groups in total. The molecule has 0 radical (unpaired) electrons. The van der Waals surface area contributed by atoms with Crippen molar-refractivity contribution in [3.05, 3.63) is 146 Å². The van der Waals surface area contributed by atoms with Gasteiger partial charge in [0.25, 0.3) is 0 Å². The number of benzene rings is 2. The Morgan fingerprint density at radius 1 is 0.554 bits per heavy atom. The number of halogens is 2. The Kier molecular flexibility index (Phi) is 16.6. The molecule has 0 unspecified atom stereocenters. The fourth-order valence-corrected chi connectivity index (χ4v) is 8.98. The molecule has 26 heteroatoms. The first-order valence-electron chi connectivity index (χ1n) is 22.0. The summed E-state index contributed by atoms with van der Waals surface area (Å²) in [5.74, 6) is 1.06. The minimum absolute atomic E-state index is 0.0557.